The lowest BCUT2D eigenvalue weighted by Gasteiger charge is -2.41. The van der Waals surface area contributed by atoms with Crippen molar-refractivity contribution in [3.8, 4) is 0 Å². The van der Waals surface area contributed by atoms with Crippen LogP contribution in [0.2, 0.25) is 0 Å². The minimum atomic E-state index is 0.146. The predicted molar refractivity (Wildman–Crippen MR) is 81.2 cm³/mol. The first-order valence-electron chi connectivity index (χ1n) is 6.76. The summed E-state index contributed by atoms with van der Waals surface area (Å²) in [6, 6.07) is 0.154. The van der Waals surface area contributed by atoms with Crippen LogP contribution in [0.4, 0.5) is 11.6 Å². The summed E-state index contributed by atoms with van der Waals surface area (Å²) in [5.74, 6) is 1.31. The Kier molecular flexibility index (Phi) is 3.66. The van der Waals surface area contributed by atoms with Gasteiger partial charge in [-0.25, -0.2) is 15.0 Å². The Morgan fingerprint density at radius 3 is 2.85 bits per heavy atom. The van der Waals surface area contributed by atoms with Crippen molar-refractivity contribution >= 4 is 31.0 Å². The average molecular weight is 293 g/mol. The molecule has 1 atom stereocenters. The highest BCUT2D eigenvalue weighted by Crippen LogP contribution is 2.39. The van der Waals surface area contributed by atoms with Crippen molar-refractivity contribution in [1.82, 2.24) is 9.97 Å². The molecule has 1 spiro atoms. The molecule has 2 N–H and O–H groups in total. The lowest BCUT2D eigenvalue weighted by molar-refractivity contribution is 0.131. The van der Waals surface area contributed by atoms with Crippen molar-refractivity contribution in [1.29, 1.82) is 0 Å². The van der Waals surface area contributed by atoms with Gasteiger partial charge in [-0.2, -0.15) is 0 Å². The van der Waals surface area contributed by atoms with Crippen LogP contribution in [0.15, 0.2) is 16.2 Å². The van der Waals surface area contributed by atoms with E-state index in [1.54, 1.807) is 6.20 Å². The van der Waals surface area contributed by atoms with Gasteiger partial charge in [-0.05, 0) is 19.6 Å². The molecule has 3 heterocycles. The third-order valence-electron chi connectivity index (χ3n) is 4.43. The van der Waals surface area contributed by atoms with Gasteiger partial charge in [-0.3, -0.25) is 0 Å². The first-order valence-corrected chi connectivity index (χ1v) is 7.20. The molecule has 1 aromatic heterocycles. The molecule has 2 fully saturated rings. The Labute approximate surface area is 123 Å². The zero-order valence-corrected chi connectivity index (χ0v) is 12.2. The summed E-state index contributed by atoms with van der Waals surface area (Å²) in [6.45, 7) is 6.77. The maximum atomic E-state index is 6.19. The molecule has 0 saturated carbocycles. The number of hydrogen-bond donors (Lipinski definition) is 2. The van der Waals surface area contributed by atoms with Gasteiger partial charge in [-0.1, -0.05) is 0 Å². The molecule has 3 rings (SSSR count). The molecule has 7 heteroatoms. The fraction of sp³-hybridized carbons (Fsp3) is 0.615. The monoisotopic (exact) mass is 293 g/mol. The molecule has 0 unspecified atom stereocenters. The zero-order valence-electron chi connectivity index (χ0n) is 11.3. The minimum Gasteiger partial charge on any atom is -0.379 e. The first kappa shape index (κ1) is 13.8. The summed E-state index contributed by atoms with van der Waals surface area (Å²) >= 11 is 4.21. The summed E-state index contributed by atoms with van der Waals surface area (Å²) in [5, 5.41) is 0.503. The molecule has 0 aromatic carbocycles. The van der Waals surface area contributed by atoms with E-state index in [1.165, 1.54) is 0 Å². The number of piperidine rings is 1. The second kappa shape index (κ2) is 5.31. The smallest absolute Gasteiger partial charge is 0.186 e. The number of anilines is 1. The largest absolute Gasteiger partial charge is 0.379 e. The second-order valence-corrected chi connectivity index (χ2v) is 5.93. The van der Waals surface area contributed by atoms with E-state index >= 15 is 0 Å². The molecular weight excluding hydrogens is 274 g/mol. The molecule has 20 heavy (non-hydrogen) atoms. The van der Waals surface area contributed by atoms with Crippen molar-refractivity contribution in [2.24, 2.45) is 16.1 Å². The van der Waals surface area contributed by atoms with Crippen LogP contribution in [0.25, 0.3) is 0 Å². The van der Waals surface area contributed by atoms with Gasteiger partial charge >= 0.3 is 0 Å². The van der Waals surface area contributed by atoms with Crippen molar-refractivity contribution in [3.63, 3.8) is 0 Å². The van der Waals surface area contributed by atoms with Crippen LogP contribution in [0.5, 0.6) is 0 Å². The van der Waals surface area contributed by atoms with E-state index in [0.717, 1.165) is 38.4 Å². The Hall–Kier alpha value is -1.18. The number of thiol groups is 1. The number of aliphatic imine (C=N–C) groups is 1. The summed E-state index contributed by atoms with van der Waals surface area (Å²) in [6.07, 6.45) is 3.78. The molecule has 2 aliphatic heterocycles. The van der Waals surface area contributed by atoms with Crippen LogP contribution in [-0.4, -0.2) is 49.0 Å². The maximum Gasteiger partial charge on any atom is 0.186 e. The van der Waals surface area contributed by atoms with E-state index in [9.17, 15) is 0 Å². The second-order valence-electron chi connectivity index (χ2n) is 5.50. The Bertz CT molecular complexity index is 515. The van der Waals surface area contributed by atoms with Crippen LogP contribution >= 0.6 is 12.6 Å². The molecule has 0 radical (unpaired) electrons. The van der Waals surface area contributed by atoms with Gasteiger partial charge in [0.1, 0.15) is 10.8 Å². The van der Waals surface area contributed by atoms with E-state index in [0.29, 0.717) is 17.5 Å². The summed E-state index contributed by atoms with van der Waals surface area (Å²) in [4.78, 5) is 14.7. The van der Waals surface area contributed by atoms with Gasteiger partial charge in [0, 0.05) is 24.5 Å². The fourth-order valence-electron chi connectivity index (χ4n) is 2.99. The minimum absolute atomic E-state index is 0.146. The lowest BCUT2D eigenvalue weighted by Crippen LogP contribution is -2.49. The third kappa shape index (κ3) is 2.30. The summed E-state index contributed by atoms with van der Waals surface area (Å²) < 4.78 is 5.54. The quantitative estimate of drug-likeness (QED) is 0.629. The molecule has 6 nitrogen and oxygen atoms in total. The number of hydrogen-bond acceptors (Lipinski definition) is 7. The topological polar surface area (TPSA) is 76.6 Å². The Morgan fingerprint density at radius 1 is 1.50 bits per heavy atom. The average Bonchev–Trinajstić information content (AvgIpc) is 2.82. The van der Waals surface area contributed by atoms with E-state index in [-0.39, 0.29) is 11.5 Å². The van der Waals surface area contributed by atoms with E-state index in [2.05, 4.69) is 39.2 Å². The van der Waals surface area contributed by atoms with Crippen LogP contribution in [0.3, 0.4) is 0 Å². The van der Waals surface area contributed by atoms with Crippen molar-refractivity contribution in [3.05, 3.63) is 6.20 Å². The molecule has 1 aromatic rings. The highest BCUT2D eigenvalue weighted by Gasteiger charge is 2.44. The van der Waals surface area contributed by atoms with Gasteiger partial charge in [0.2, 0.25) is 0 Å². The Balaban J connectivity index is 1.73. The fourth-order valence-corrected chi connectivity index (χ4v) is 3.17. The molecule has 2 aliphatic rings. The maximum absolute atomic E-state index is 6.19. The van der Waals surface area contributed by atoms with Crippen molar-refractivity contribution in [2.45, 2.75) is 23.9 Å². The number of ether oxygens (including phenoxy) is 1. The van der Waals surface area contributed by atoms with Gasteiger partial charge in [0.05, 0.1) is 19.4 Å². The highest BCUT2D eigenvalue weighted by molar-refractivity contribution is 7.80. The van der Waals surface area contributed by atoms with Gasteiger partial charge in [-0.15, -0.1) is 12.6 Å². The molecular formula is C13H19N5OS. The van der Waals surface area contributed by atoms with Crippen LogP contribution < -0.4 is 10.6 Å². The molecule has 108 valence electrons. The molecule has 0 bridgehead atoms. The van der Waals surface area contributed by atoms with Crippen molar-refractivity contribution < 1.29 is 4.74 Å². The normalized spacial score (nSPS) is 25.1. The number of rotatable bonds is 2. The van der Waals surface area contributed by atoms with Crippen molar-refractivity contribution in [2.75, 3.05) is 31.2 Å². The van der Waals surface area contributed by atoms with Gasteiger partial charge in [0.15, 0.2) is 5.82 Å². The SMILES string of the molecule is C=Nc1nc(N2CCC3(CC2)COC[C@H]3N)cnc1S. The van der Waals surface area contributed by atoms with Crippen LogP contribution in [-0.2, 0) is 4.74 Å². The van der Waals surface area contributed by atoms with Gasteiger partial charge in [0.25, 0.3) is 0 Å². The first-order chi connectivity index (χ1) is 9.64. The molecule has 2 saturated heterocycles. The standard InChI is InChI=1S/C13H19N5OS/c1-15-11-12(20)16-6-10(17-11)18-4-2-13(3-5-18)8-19-7-9(13)14/h6,9H,1-5,7-8,14H2,(H,16,20)/t9-/m1/s1. The van der Waals surface area contributed by atoms with Crippen LogP contribution in [0, 0.1) is 5.41 Å². The Morgan fingerprint density at radius 2 is 2.25 bits per heavy atom. The molecule has 0 aliphatic carbocycles. The zero-order chi connectivity index (χ0) is 14.2. The highest BCUT2D eigenvalue weighted by atomic mass is 32.1. The van der Waals surface area contributed by atoms with E-state index in [1.807, 2.05) is 0 Å². The van der Waals surface area contributed by atoms with E-state index < -0.39 is 0 Å². The summed E-state index contributed by atoms with van der Waals surface area (Å²) in [5.41, 5.74) is 6.33. The lowest BCUT2D eigenvalue weighted by atomic mass is 9.75. The number of nitrogens with zero attached hydrogens (tertiary/aromatic N) is 4. The van der Waals surface area contributed by atoms with Gasteiger partial charge < -0.3 is 15.4 Å². The molecule has 0 amide bonds. The predicted octanol–water partition coefficient (Wildman–Crippen LogP) is 1.04. The van der Waals surface area contributed by atoms with E-state index in [4.69, 9.17) is 10.5 Å². The number of nitrogens with two attached hydrogens (primary N) is 1. The third-order valence-corrected chi connectivity index (χ3v) is 4.74. The summed E-state index contributed by atoms with van der Waals surface area (Å²) in [7, 11) is 0. The number of aromatic nitrogens is 2. The van der Waals surface area contributed by atoms with Crippen LogP contribution in [0.1, 0.15) is 12.8 Å².